The first-order chi connectivity index (χ1) is 26.0. The Balaban J connectivity index is 1.81. The topological polar surface area (TPSA) is 80.1 Å². The smallest absolute Gasteiger partial charge is 0.187 e. The van der Waals surface area contributed by atoms with E-state index in [2.05, 4.69) is 59.1 Å². The maximum atomic E-state index is 9.77. The standard InChI is InChI=1S/C48H27N5/c1-31-4-12-35(13-5-31)43-44(36-14-6-32(28-49)7-15-36)46(38-18-10-34(30-51)11-19-38)48(40-22-26-42(53-3)27-23-40)47(39-20-24-41(52-2)25-21-39)45(43)37-16-8-33(29-50)9-17-37/h4-27H,1H3. The highest BCUT2D eigenvalue weighted by Crippen LogP contribution is 2.56. The van der Waals surface area contributed by atoms with Crippen LogP contribution in [0.4, 0.5) is 11.4 Å². The van der Waals surface area contributed by atoms with Gasteiger partial charge in [0.15, 0.2) is 11.4 Å². The average Bonchev–Trinajstić information content (AvgIpc) is 3.23. The summed E-state index contributed by atoms with van der Waals surface area (Å²) in [5.41, 5.74) is 14.5. The van der Waals surface area contributed by atoms with Crippen LogP contribution >= 0.6 is 0 Å². The lowest BCUT2D eigenvalue weighted by Crippen LogP contribution is -2.02. The minimum atomic E-state index is 0.507. The van der Waals surface area contributed by atoms with Gasteiger partial charge in [-0.25, -0.2) is 9.69 Å². The lowest BCUT2D eigenvalue weighted by molar-refractivity contribution is 1.45. The number of hydrogen-bond acceptors (Lipinski definition) is 3. The zero-order valence-electron chi connectivity index (χ0n) is 28.6. The van der Waals surface area contributed by atoms with Crippen molar-refractivity contribution in [2.24, 2.45) is 0 Å². The molecule has 5 nitrogen and oxygen atoms in total. The van der Waals surface area contributed by atoms with Gasteiger partial charge in [0.2, 0.25) is 0 Å². The summed E-state index contributed by atoms with van der Waals surface area (Å²) in [6.45, 7) is 17.4. The summed E-state index contributed by atoms with van der Waals surface area (Å²) in [4.78, 5) is 7.34. The Morgan fingerprint density at radius 2 is 0.547 bits per heavy atom. The van der Waals surface area contributed by atoms with Crippen molar-refractivity contribution in [2.45, 2.75) is 6.92 Å². The third-order valence-corrected chi connectivity index (χ3v) is 9.32. The maximum Gasteiger partial charge on any atom is 0.187 e. The van der Waals surface area contributed by atoms with E-state index in [1.807, 2.05) is 121 Å². The van der Waals surface area contributed by atoms with E-state index < -0.39 is 0 Å². The number of nitrogens with zero attached hydrogens (tertiary/aromatic N) is 5. The molecule has 0 aliphatic heterocycles. The molecule has 5 heteroatoms. The van der Waals surface area contributed by atoms with E-state index >= 15 is 0 Å². The third-order valence-electron chi connectivity index (χ3n) is 9.32. The van der Waals surface area contributed by atoms with E-state index in [1.54, 1.807) is 0 Å². The van der Waals surface area contributed by atoms with Crippen LogP contribution in [-0.4, -0.2) is 0 Å². The van der Waals surface area contributed by atoms with Crippen molar-refractivity contribution in [1.29, 1.82) is 15.8 Å². The van der Waals surface area contributed by atoms with Crippen LogP contribution in [0, 0.1) is 54.1 Å². The fourth-order valence-corrected chi connectivity index (χ4v) is 6.74. The van der Waals surface area contributed by atoms with Crippen LogP contribution in [0.25, 0.3) is 76.5 Å². The molecule has 0 saturated carbocycles. The second-order valence-electron chi connectivity index (χ2n) is 12.5. The molecule has 0 N–H and O–H groups in total. The van der Waals surface area contributed by atoms with Gasteiger partial charge in [-0.1, -0.05) is 115 Å². The Hall–Kier alpha value is -8.01. The first kappa shape index (κ1) is 33.5. The molecule has 0 fully saturated rings. The summed E-state index contributed by atoms with van der Waals surface area (Å²) in [5.74, 6) is 0. The van der Waals surface area contributed by atoms with Crippen molar-refractivity contribution >= 4 is 11.4 Å². The molecule has 0 aliphatic carbocycles. The van der Waals surface area contributed by atoms with Crippen molar-refractivity contribution in [3.05, 3.63) is 191 Å². The second kappa shape index (κ2) is 14.5. The number of hydrogen-bond donors (Lipinski definition) is 0. The minimum Gasteiger partial charge on any atom is -0.238 e. The van der Waals surface area contributed by atoms with Gasteiger partial charge in [0.05, 0.1) is 48.0 Å². The fraction of sp³-hybridized carbons (Fsp3) is 0.0208. The zero-order chi connectivity index (χ0) is 36.9. The molecule has 0 atom stereocenters. The van der Waals surface area contributed by atoms with E-state index in [1.165, 1.54) is 0 Å². The molecule has 0 unspecified atom stereocenters. The van der Waals surface area contributed by atoms with Gasteiger partial charge < -0.3 is 0 Å². The van der Waals surface area contributed by atoms with Crippen LogP contribution in [0.2, 0.25) is 0 Å². The van der Waals surface area contributed by atoms with Gasteiger partial charge in [-0.15, -0.1) is 0 Å². The Labute approximate surface area is 308 Å². The molecule has 0 spiro atoms. The highest BCUT2D eigenvalue weighted by Gasteiger charge is 2.29. The lowest BCUT2D eigenvalue weighted by atomic mass is 9.74. The number of nitriles is 3. The van der Waals surface area contributed by atoms with Gasteiger partial charge in [0.25, 0.3) is 0 Å². The van der Waals surface area contributed by atoms with Gasteiger partial charge in [-0.05, 0) is 110 Å². The average molecular weight is 674 g/mol. The molecule has 7 aromatic carbocycles. The van der Waals surface area contributed by atoms with Crippen LogP contribution in [0.1, 0.15) is 22.3 Å². The molecule has 0 heterocycles. The van der Waals surface area contributed by atoms with E-state index in [0.717, 1.165) is 72.3 Å². The van der Waals surface area contributed by atoms with Crippen LogP contribution in [0.3, 0.4) is 0 Å². The molecule has 53 heavy (non-hydrogen) atoms. The van der Waals surface area contributed by atoms with Crippen molar-refractivity contribution in [2.75, 3.05) is 0 Å². The van der Waals surface area contributed by atoms with Crippen molar-refractivity contribution in [3.8, 4) is 85.0 Å². The van der Waals surface area contributed by atoms with E-state index in [-0.39, 0.29) is 0 Å². The molecule has 0 aromatic heterocycles. The van der Waals surface area contributed by atoms with Crippen LogP contribution in [-0.2, 0) is 0 Å². The number of benzene rings is 7. The quantitative estimate of drug-likeness (QED) is 0.165. The first-order valence-corrected chi connectivity index (χ1v) is 16.7. The third kappa shape index (κ3) is 6.41. The fourth-order valence-electron chi connectivity index (χ4n) is 6.74. The first-order valence-electron chi connectivity index (χ1n) is 16.7. The molecular weight excluding hydrogens is 647 g/mol. The summed E-state index contributed by atoms with van der Waals surface area (Å²) in [6.07, 6.45) is 0. The van der Waals surface area contributed by atoms with Gasteiger partial charge in [-0.3, -0.25) is 0 Å². The van der Waals surface area contributed by atoms with Crippen LogP contribution in [0.15, 0.2) is 146 Å². The second-order valence-corrected chi connectivity index (χ2v) is 12.5. The SMILES string of the molecule is [C-]#[N+]c1ccc(-c2c(-c3ccc(C#N)cc3)c(-c3ccc(C)cc3)c(-c3ccc(C#N)cc3)c(-c3ccc(C#N)cc3)c2-c2ccc([N+]#[C-])cc2)cc1. The van der Waals surface area contributed by atoms with Crippen LogP contribution < -0.4 is 0 Å². The van der Waals surface area contributed by atoms with Crippen LogP contribution in [0.5, 0.6) is 0 Å². The Kier molecular flexibility index (Phi) is 9.13. The molecule has 0 saturated heterocycles. The zero-order valence-corrected chi connectivity index (χ0v) is 28.6. The normalized spacial score (nSPS) is 10.3. The van der Waals surface area contributed by atoms with Gasteiger partial charge in [-0.2, -0.15) is 15.8 Å². The molecule has 7 rings (SSSR count). The summed E-state index contributed by atoms with van der Waals surface area (Å²) in [6, 6.07) is 53.0. The molecule has 0 radical (unpaired) electrons. The summed E-state index contributed by atoms with van der Waals surface area (Å²) in [7, 11) is 0. The Morgan fingerprint density at radius 3 is 0.755 bits per heavy atom. The van der Waals surface area contributed by atoms with E-state index in [4.69, 9.17) is 13.1 Å². The van der Waals surface area contributed by atoms with Gasteiger partial charge in [0.1, 0.15) is 0 Å². The number of rotatable bonds is 6. The Bertz CT molecular complexity index is 2570. The predicted molar refractivity (Wildman–Crippen MR) is 210 cm³/mol. The van der Waals surface area contributed by atoms with Gasteiger partial charge >= 0.3 is 0 Å². The van der Waals surface area contributed by atoms with Crippen molar-refractivity contribution < 1.29 is 0 Å². The predicted octanol–water partition coefficient (Wildman–Crippen LogP) is 12.7. The van der Waals surface area contributed by atoms with Crippen molar-refractivity contribution in [3.63, 3.8) is 0 Å². The highest BCUT2D eigenvalue weighted by atomic mass is 14.6. The van der Waals surface area contributed by atoms with E-state index in [0.29, 0.717) is 28.1 Å². The minimum absolute atomic E-state index is 0.507. The molecule has 0 bridgehead atoms. The molecular formula is C48H27N5. The summed E-state index contributed by atoms with van der Waals surface area (Å²) >= 11 is 0. The summed E-state index contributed by atoms with van der Waals surface area (Å²) in [5, 5.41) is 29.3. The van der Waals surface area contributed by atoms with Crippen molar-refractivity contribution in [1.82, 2.24) is 0 Å². The maximum absolute atomic E-state index is 9.77. The molecule has 0 amide bonds. The summed E-state index contributed by atoms with van der Waals surface area (Å²) < 4.78 is 0. The molecule has 244 valence electrons. The molecule has 7 aromatic rings. The largest absolute Gasteiger partial charge is 0.238 e. The number of aryl methyl sites for hydroxylation is 1. The lowest BCUT2D eigenvalue weighted by Gasteiger charge is -2.29. The highest BCUT2D eigenvalue weighted by molar-refractivity contribution is 6.15. The monoisotopic (exact) mass is 673 g/mol. The Morgan fingerprint density at radius 1 is 0.340 bits per heavy atom. The van der Waals surface area contributed by atoms with E-state index in [9.17, 15) is 15.8 Å². The molecule has 0 aliphatic rings. The van der Waals surface area contributed by atoms with Gasteiger partial charge in [0, 0.05) is 0 Å².